The summed E-state index contributed by atoms with van der Waals surface area (Å²) in [6.07, 6.45) is 8.86. The molecule has 0 saturated carbocycles. The Morgan fingerprint density at radius 3 is 1.20 bits per heavy atom. The number of hydrogen-bond acceptors (Lipinski definition) is 2. The fourth-order valence-electron chi connectivity index (χ4n) is 6.10. The Morgan fingerprint density at radius 2 is 0.733 bits per heavy atom. The molecule has 0 radical (unpaired) electrons. The molecule has 0 atom stereocenters. The summed E-state index contributed by atoms with van der Waals surface area (Å²) in [5, 5.41) is 5.26. The van der Waals surface area contributed by atoms with E-state index < -0.39 is 0 Å². The molecule has 0 heterocycles. The highest BCUT2D eigenvalue weighted by molar-refractivity contribution is 5.97. The van der Waals surface area contributed by atoms with Gasteiger partial charge in [0.1, 0.15) is 0 Å². The van der Waals surface area contributed by atoms with Crippen LogP contribution in [0.4, 0.5) is 22.7 Å². The number of hydrogen-bond donors (Lipinski definition) is 0. The molecule has 2 nitrogen and oxygen atoms in total. The first-order chi connectivity index (χ1) is 22.3. The molecule has 0 fully saturated rings. The Labute approximate surface area is 271 Å². The van der Waals surface area contributed by atoms with Crippen molar-refractivity contribution < 1.29 is 0 Å². The Morgan fingerprint density at radius 1 is 0.356 bits per heavy atom. The SMILES string of the molecule is CCCCCCN(c1ccccc1)c1cccc2ccccc12.CCCCCN(c1ccccc1)c1cccc2ccccc12. The number of benzene rings is 6. The Kier molecular flexibility index (Phi) is 12.1. The summed E-state index contributed by atoms with van der Waals surface area (Å²) in [6.45, 7) is 6.65. The zero-order chi connectivity index (χ0) is 31.1. The van der Waals surface area contributed by atoms with Gasteiger partial charge in [0.2, 0.25) is 0 Å². The maximum absolute atomic E-state index is 2.47. The maximum Gasteiger partial charge on any atom is 0.0490 e. The molecule has 0 N–H and O–H groups in total. The fraction of sp³-hybridized carbons (Fsp3) is 0.256. The molecule has 45 heavy (non-hydrogen) atoms. The second-order valence-corrected chi connectivity index (χ2v) is 11.7. The van der Waals surface area contributed by atoms with Crippen molar-refractivity contribution in [3.05, 3.63) is 146 Å². The van der Waals surface area contributed by atoms with Crippen LogP contribution in [0.5, 0.6) is 0 Å². The lowest BCUT2D eigenvalue weighted by Gasteiger charge is -2.26. The van der Waals surface area contributed by atoms with Gasteiger partial charge in [-0.1, -0.05) is 155 Å². The van der Waals surface area contributed by atoms with Crippen LogP contribution in [0.2, 0.25) is 0 Å². The minimum absolute atomic E-state index is 1.06. The van der Waals surface area contributed by atoms with E-state index in [1.165, 1.54) is 89.2 Å². The van der Waals surface area contributed by atoms with Crippen molar-refractivity contribution in [2.24, 2.45) is 0 Å². The normalized spacial score (nSPS) is 10.8. The van der Waals surface area contributed by atoms with Crippen molar-refractivity contribution in [1.29, 1.82) is 0 Å². The van der Waals surface area contributed by atoms with E-state index in [2.05, 4.69) is 169 Å². The van der Waals surface area contributed by atoms with E-state index in [-0.39, 0.29) is 0 Å². The molecule has 6 aromatic rings. The third-order valence-corrected chi connectivity index (χ3v) is 8.47. The molecule has 0 aliphatic carbocycles. The minimum Gasteiger partial charge on any atom is -0.341 e. The fourth-order valence-corrected chi connectivity index (χ4v) is 6.10. The Bertz CT molecular complexity index is 1700. The molecule has 0 unspecified atom stereocenters. The van der Waals surface area contributed by atoms with E-state index in [9.17, 15) is 0 Å². The average Bonchev–Trinajstić information content (AvgIpc) is 3.11. The van der Waals surface area contributed by atoms with E-state index in [1.54, 1.807) is 0 Å². The lowest BCUT2D eigenvalue weighted by atomic mass is 10.1. The van der Waals surface area contributed by atoms with Crippen molar-refractivity contribution in [2.75, 3.05) is 22.9 Å². The first-order valence-corrected chi connectivity index (χ1v) is 16.9. The van der Waals surface area contributed by atoms with E-state index in [0.29, 0.717) is 0 Å². The summed E-state index contributed by atoms with van der Waals surface area (Å²) < 4.78 is 0. The van der Waals surface area contributed by atoms with Gasteiger partial charge in [0.15, 0.2) is 0 Å². The molecule has 6 rings (SSSR count). The first-order valence-electron chi connectivity index (χ1n) is 16.9. The largest absolute Gasteiger partial charge is 0.341 e. The van der Waals surface area contributed by atoms with Crippen LogP contribution in [-0.2, 0) is 0 Å². The molecule has 2 heteroatoms. The van der Waals surface area contributed by atoms with Crippen molar-refractivity contribution in [2.45, 2.75) is 58.8 Å². The molecule has 0 aromatic heterocycles. The van der Waals surface area contributed by atoms with Crippen molar-refractivity contribution in [3.8, 4) is 0 Å². The van der Waals surface area contributed by atoms with Gasteiger partial charge in [-0.05, 0) is 60.0 Å². The number of anilines is 4. The summed E-state index contributed by atoms with van der Waals surface area (Å²) >= 11 is 0. The highest BCUT2D eigenvalue weighted by Gasteiger charge is 2.13. The summed E-state index contributed by atoms with van der Waals surface area (Å²) in [7, 11) is 0. The maximum atomic E-state index is 2.47. The summed E-state index contributed by atoms with van der Waals surface area (Å²) in [5.41, 5.74) is 5.17. The van der Waals surface area contributed by atoms with Gasteiger partial charge in [-0.3, -0.25) is 0 Å². The van der Waals surface area contributed by atoms with Crippen LogP contribution in [0, 0.1) is 0 Å². The predicted molar refractivity (Wildman–Crippen MR) is 198 cm³/mol. The van der Waals surface area contributed by atoms with Crippen molar-refractivity contribution in [3.63, 3.8) is 0 Å². The van der Waals surface area contributed by atoms with Gasteiger partial charge in [0.05, 0.1) is 0 Å². The van der Waals surface area contributed by atoms with Crippen LogP contribution in [0.3, 0.4) is 0 Å². The molecular weight excluding hydrogens is 544 g/mol. The molecule has 0 spiro atoms. The molecule has 0 aliphatic rings. The second kappa shape index (κ2) is 17.1. The number of unbranched alkanes of at least 4 members (excludes halogenated alkanes) is 5. The van der Waals surface area contributed by atoms with E-state index >= 15 is 0 Å². The summed E-state index contributed by atoms with van der Waals surface area (Å²) in [5.74, 6) is 0. The molecule has 0 saturated heterocycles. The number of rotatable bonds is 13. The monoisotopic (exact) mass is 592 g/mol. The van der Waals surface area contributed by atoms with Gasteiger partial charge in [-0.2, -0.15) is 0 Å². The van der Waals surface area contributed by atoms with Crippen LogP contribution >= 0.6 is 0 Å². The molecule has 230 valence electrons. The number of para-hydroxylation sites is 2. The number of nitrogens with zero attached hydrogens (tertiary/aromatic N) is 2. The first kappa shape index (κ1) is 31.9. The zero-order valence-corrected chi connectivity index (χ0v) is 27.1. The van der Waals surface area contributed by atoms with E-state index in [1.807, 2.05) is 0 Å². The predicted octanol–water partition coefficient (Wildman–Crippen LogP) is 12.7. The standard InChI is InChI=1S/C22H25N.C21H23N/c1-2-3-4-10-18-23(20-14-6-5-7-15-20)22-17-11-13-19-12-8-9-16-21(19)22;1-2-3-9-17-22(19-13-5-4-6-14-19)21-16-10-12-18-11-7-8-15-20(18)21/h5-9,11-17H,2-4,10,18H2,1H3;4-8,10-16H,2-3,9,17H2,1H3. The third kappa shape index (κ3) is 8.54. The highest BCUT2D eigenvalue weighted by Crippen LogP contribution is 2.34. The van der Waals surface area contributed by atoms with Crippen LogP contribution in [0.1, 0.15) is 58.8 Å². The van der Waals surface area contributed by atoms with E-state index in [0.717, 1.165) is 13.1 Å². The topological polar surface area (TPSA) is 6.48 Å². The molecule has 0 bridgehead atoms. The third-order valence-electron chi connectivity index (χ3n) is 8.47. The quantitative estimate of drug-likeness (QED) is 0.123. The average molecular weight is 593 g/mol. The van der Waals surface area contributed by atoms with Crippen molar-refractivity contribution >= 4 is 44.3 Å². The van der Waals surface area contributed by atoms with Gasteiger partial charge in [0, 0.05) is 46.6 Å². The smallest absolute Gasteiger partial charge is 0.0490 e. The van der Waals surface area contributed by atoms with Gasteiger partial charge in [-0.25, -0.2) is 0 Å². The summed E-state index contributed by atoms with van der Waals surface area (Å²) in [6, 6.07) is 52.0. The van der Waals surface area contributed by atoms with Crippen LogP contribution in [0.25, 0.3) is 21.5 Å². The molecule has 6 aromatic carbocycles. The van der Waals surface area contributed by atoms with Crippen molar-refractivity contribution in [1.82, 2.24) is 0 Å². The van der Waals surface area contributed by atoms with Crippen LogP contribution in [-0.4, -0.2) is 13.1 Å². The highest BCUT2D eigenvalue weighted by atomic mass is 15.1. The van der Waals surface area contributed by atoms with Gasteiger partial charge in [-0.15, -0.1) is 0 Å². The lowest BCUT2D eigenvalue weighted by Crippen LogP contribution is -2.18. The molecular formula is C43H48N2. The lowest BCUT2D eigenvalue weighted by molar-refractivity contribution is 0.668. The van der Waals surface area contributed by atoms with E-state index in [4.69, 9.17) is 0 Å². The Balaban J connectivity index is 0.000000178. The minimum atomic E-state index is 1.06. The summed E-state index contributed by atoms with van der Waals surface area (Å²) in [4.78, 5) is 4.93. The van der Waals surface area contributed by atoms with Crippen LogP contribution < -0.4 is 9.80 Å². The molecule has 0 aliphatic heterocycles. The second-order valence-electron chi connectivity index (χ2n) is 11.7. The van der Waals surface area contributed by atoms with Gasteiger partial charge >= 0.3 is 0 Å². The number of fused-ring (bicyclic) bond motifs is 2. The Hall–Kier alpha value is -4.56. The van der Waals surface area contributed by atoms with Gasteiger partial charge < -0.3 is 9.80 Å². The zero-order valence-electron chi connectivity index (χ0n) is 27.1. The molecule has 0 amide bonds. The van der Waals surface area contributed by atoms with Crippen LogP contribution in [0.15, 0.2) is 146 Å². The van der Waals surface area contributed by atoms with Gasteiger partial charge in [0.25, 0.3) is 0 Å².